The van der Waals surface area contributed by atoms with Gasteiger partial charge >= 0.3 is 5.97 Å². The summed E-state index contributed by atoms with van der Waals surface area (Å²) in [5, 5.41) is 14.3. The minimum absolute atomic E-state index is 0.381. The van der Waals surface area contributed by atoms with Gasteiger partial charge in [0.05, 0.1) is 5.54 Å². The van der Waals surface area contributed by atoms with Crippen LogP contribution in [0.4, 0.5) is 0 Å². The molecule has 138 valence electrons. The fourth-order valence-corrected chi connectivity index (χ4v) is 4.21. The van der Waals surface area contributed by atoms with E-state index < -0.39 is 11.5 Å². The normalized spacial score (nSPS) is 19.4. The van der Waals surface area contributed by atoms with Crippen molar-refractivity contribution >= 4 is 16.9 Å². The average Bonchev–Trinajstić information content (AvgIpc) is 3.25. The second-order valence-corrected chi connectivity index (χ2v) is 7.30. The number of aromatic amines is 1. The molecular formula is C23H24N2O2. The van der Waals surface area contributed by atoms with Crippen molar-refractivity contribution in [1.82, 2.24) is 10.3 Å². The molecule has 0 aliphatic heterocycles. The molecule has 1 atom stereocenters. The molecule has 0 bridgehead atoms. The maximum atomic E-state index is 11.4. The Bertz CT molecular complexity index is 1020. The first kappa shape index (κ1) is 17.6. The molecule has 0 amide bonds. The van der Waals surface area contributed by atoms with Gasteiger partial charge in [0.2, 0.25) is 0 Å². The van der Waals surface area contributed by atoms with E-state index in [0.29, 0.717) is 5.57 Å². The highest BCUT2D eigenvalue weighted by atomic mass is 16.4. The van der Waals surface area contributed by atoms with Crippen LogP contribution in [-0.2, 0) is 23.2 Å². The summed E-state index contributed by atoms with van der Waals surface area (Å²) < 4.78 is 0. The highest BCUT2D eigenvalue weighted by molar-refractivity contribution is 5.86. The van der Waals surface area contributed by atoms with Gasteiger partial charge in [-0.3, -0.25) is 0 Å². The first-order valence-corrected chi connectivity index (χ1v) is 9.40. The van der Waals surface area contributed by atoms with Gasteiger partial charge in [0.25, 0.3) is 0 Å². The third kappa shape index (κ3) is 3.28. The third-order valence-corrected chi connectivity index (χ3v) is 5.60. The standard InChI is InChI=1S/C23H24N2O2/c1-16(22(26)27)14-23(12-10-17-6-2-4-8-20(17)23)25-13-11-18-15-24-21-9-5-3-7-19(18)21/h2-9,14-15,24-25H,10-13H2,1H3,(H,26,27)/t23-/m1/s1. The van der Waals surface area contributed by atoms with Crippen molar-refractivity contribution in [3.05, 3.63) is 83.1 Å². The highest BCUT2D eigenvalue weighted by Crippen LogP contribution is 2.38. The summed E-state index contributed by atoms with van der Waals surface area (Å²) >= 11 is 0. The van der Waals surface area contributed by atoms with Gasteiger partial charge in [-0.25, -0.2) is 4.79 Å². The van der Waals surface area contributed by atoms with Gasteiger partial charge in [0.1, 0.15) is 0 Å². The summed E-state index contributed by atoms with van der Waals surface area (Å²) in [6.07, 6.45) is 6.69. The molecule has 0 saturated carbocycles. The van der Waals surface area contributed by atoms with Crippen LogP contribution in [0.2, 0.25) is 0 Å². The molecule has 0 saturated heterocycles. The largest absolute Gasteiger partial charge is 0.478 e. The molecule has 1 aliphatic carbocycles. The Balaban J connectivity index is 1.59. The molecule has 27 heavy (non-hydrogen) atoms. The Morgan fingerprint density at radius 2 is 2.00 bits per heavy atom. The number of H-pyrrole nitrogens is 1. The number of rotatable bonds is 6. The van der Waals surface area contributed by atoms with E-state index in [1.807, 2.05) is 18.2 Å². The summed E-state index contributed by atoms with van der Waals surface area (Å²) in [6, 6.07) is 16.6. The van der Waals surface area contributed by atoms with Crippen molar-refractivity contribution in [2.45, 2.75) is 31.7 Å². The number of hydrogen-bond donors (Lipinski definition) is 3. The van der Waals surface area contributed by atoms with Crippen LogP contribution in [-0.4, -0.2) is 22.6 Å². The Labute approximate surface area is 158 Å². The van der Waals surface area contributed by atoms with Gasteiger partial charge in [-0.15, -0.1) is 0 Å². The van der Waals surface area contributed by atoms with Crippen LogP contribution in [0.15, 0.2) is 66.4 Å². The van der Waals surface area contributed by atoms with E-state index in [2.05, 4.69) is 52.9 Å². The first-order valence-electron chi connectivity index (χ1n) is 9.40. The van der Waals surface area contributed by atoms with E-state index in [-0.39, 0.29) is 0 Å². The van der Waals surface area contributed by atoms with Crippen LogP contribution in [0, 0.1) is 0 Å². The molecule has 3 aromatic rings. The molecule has 4 heteroatoms. The minimum atomic E-state index is -0.864. The van der Waals surface area contributed by atoms with Gasteiger partial charge < -0.3 is 15.4 Å². The number of aliphatic carboxylic acids is 1. The lowest BCUT2D eigenvalue weighted by Crippen LogP contribution is -2.40. The molecular weight excluding hydrogens is 336 g/mol. The summed E-state index contributed by atoms with van der Waals surface area (Å²) in [5.41, 5.74) is 4.89. The number of aryl methyl sites for hydroxylation is 1. The minimum Gasteiger partial charge on any atom is -0.478 e. The quantitative estimate of drug-likeness (QED) is 0.578. The lowest BCUT2D eigenvalue weighted by Gasteiger charge is -2.29. The summed E-state index contributed by atoms with van der Waals surface area (Å²) in [6.45, 7) is 2.45. The van der Waals surface area contributed by atoms with E-state index in [9.17, 15) is 9.90 Å². The number of fused-ring (bicyclic) bond motifs is 2. The molecule has 1 heterocycles. The zero-order valence-electron chi connectivity index (χ0n) is 15.5. The fraction of sp³-hybridized carbons (Fsp3) is 0.261. The van der Waals surface area contributed by atoms with Gasteiger partial charge in [-0.2, -0.15) is 0 Å². The van der Waals surface area contributed by atoms with Crippen LogP contribution < -0.4 is 5.32 Å². The number of carbonyl (C=O) groups is 1. The Hall–Kier alpha value is -2.85. The molecule has 0 spiro atoms. The molecule has 0 fully saturated rings. The maximum absolute atomic E-state index is 11.4. The molecule has 0 radical (unpaired) electrons. The molecule has 0 unspecified atom stereocenters. The summed E-state index contributed by atoms with van der Waals surface area (Å²) in [5.74, 6) is -0.864. The van der Waals surface area contributed by atoms with E-state index >= 15 is 0 Å². The van der Waals surface area contributed by atoms with Crippen molar-refractivity contribution < 1.29 is 9.90 Å². The number of hydrogen-bond acceptors (Lipinski definition) is 2. The van der Waals surface area contributed by atoms with Crippen molar-refractivity contribution in [2.24, 2.45) is 0 Å². The molecule has 1 aromatic heterocycles. The van der Waals surface area contributed by atoms with Gasteiger partial charge in [-0.1, -0.05) is 42.5 Å². The Kier molecular flexibility index (Phi) is 4.58. The lowest BCUT2D eigenvalue weighted by atomic mass is 9.89. The molecule has 1 aliphatic rings. The topological polar surface area (TPSA) is 65.1 Å². The van der Waals surface area contributed by atoms with Crippen LogP contribution in [0.1, 0.15) is 30.0 Å². The lowest BCUT2D eigenvalue weighted by molar-refractivity contribution is -0.132. The Morgan fingerprint density at radius 3 is 2.85 bits per heavy atom. The Morgan fingerprint density at radius 1 is 1.22 bits per heavy atom. The van der Waals surface area contributed by atoms with Crippen molar-refractivity contribution in [1.29, 1.82) is 0 Å². The number of carboxylic acids is 1. The molecule has 4 nitrogen and oxygen atoms in total. The third-order valence-electron chi connectivity index (χ3n) is 5.60. The van der Waals surface area contributed by atoms with Crippen LogP contribution in [0.5, 0.6) is 0 Å². The van der Waals surface area contributed by atoms with Crippen LogP contribution in [0.25, 0.3) is 10.9 Å². The first-order chi connectivity index (χ1) is 13.1. The number of benzene rings is 2. The van der Waals surface area contributed by atoms with Gasteiger partial charge in [0.15, 0.2) is 0 Å². The highest BCUT2D eigenvalue weighted by Gasteiger charge is 2.36. The predicted octanol–water partition coefficient (Wildman–Crippen LogP) is 4.17. The average molecular weight is 360 g/mol. The smallest absolute Gasteiger partial charge is 0.331 e. The fourth-order valence-electron chi connectivity index (χ4n) is 4.21. The van der Waals surface area contributed by atoms with Crippen LogP contribution >= 0.6 is 0 Å². The van der Waals surface area contributed by atoms with Gasteiger partial charge in [0, 0.05) is 29.2 Å². The summed E-state index contributed by atoms with van der Waals surface area (Å²) in [7, 11) is 0. The molecule has 2 aromatic carbocycles. The van der Waals surface area contributed by atoms with E-state index in [4.69, 9.17) is 0 Å². The van der Waals surface area contributed by atoms with Crippen molar-refractivity contribution in [2.75, 3.05) is 6.54 Å². The SMILES string of the molecule is CC(=C[C@]1(NCCc2c[nH]c3ccccc23)CCc2ccccc21)C(=O)O. The maximum Gasteiger partial charge on any atom is 0.331 e. The van der Waals surface area contributed by atoms with Crippen LogP contribution in [0.3, 0.4) is 0 Å². The molecule has 3 N–H and O–H groups in total. The van der Waals surface area contributed by atoms with Crippen molar-refractivity contribution in [3.63, 3.8) is 0 Å². The predicted molar refractivity (Wildman–Crippen MR) is 108 cm³/mol. The zero-order valence-corrected chi connectivity index (χ0v) is 15.5. The zero-order chi connectivity index (χ0) is 18.9. The number of nitrogens with one attached hydrogen (secondary N) is 2. The van der Waals surface area contributed by atoms with Gasteiger partial charge in [-0.05, 0) is 55.0 Å². The number of carboxylic acid groups (broad SMARTS) is 1. The van der Waals surface area contributed by atoms with E-state index in [0.717, 1.165) is 31.3 Å². The monoisotopic (exact) mass is 360 g/mol. The second kappa shape index (κ2) is 7.05. The van der Waals surface area contributed by atoms with E-state index in [1.54, 1.807) is 6.92 Å². The molecule has 4 rings (SSSR count). The number of para-hydroxylation sites is 1. The van der Waals surface area contributed by atoms with E-state index in [1.165, 1.54) is 22.1 Å². The van der Waals surface area contributed by atoms with Crippen molar-refractivity contribution in [3.8, 4) is 0 Å². The summed E-state index contributed by atoms with van der Waals surface area (Å²) in [4.78, 5) is 14.8. The second-order valence-electron chi connectivity index (χ2n) is 7.30. The number of aromatic nitrogens is 1.